The van der Waals surface area contributed by atoms with Crippen molar-refractivity contribution in [2.24, 2.45) is 23.7 Å². The van der Waals surface area contributed by atoms with E-state index >= 15 is 0 Å². The zero-order chi connectivity index (χ0) is 17.4. The lowest BCUT2D eigenvalue weighted by atomic mass is 9.68. The number of fused-ring (bicyclic) bond motifs is 1. The first-order valence-electron chi connectivity index (χ1n) is 11.1. The van der Waals surface area contributed by atoms with Gasteiger partial charge < -0.3 is 0 Å². The Hall–Kier alpha value is -0.563. The van der Waals surface area contributed by atoms with E-state index in [2.05, 4.69) is 43.9 Å². The lowest BCUT2D eigenvalue weighted by molar-refractivity contribution is 0.181. The molecule has 0 bridgehead atoms. The largest absolute Gasteiger partial charge is 0.0775 e. The van der Waals surface area contributed by atoms with E-state index in [4.69, 9.17) is 0 Å². The summed E-state index contributed by atoms with van der Waals surface area (Å²) in [4.78, 5) is 0. The SMILES string of the molecule is C[Si](C)(C)c1ccc(C2CCCC3C(CC4CCCC4)CCC23)cc1. The summed E-state index contributed by atoms with van der Waals surface area (Å²) in [5, 5.41) is 1.62. The molecule has 3 aliphatic rings. The summed E-state index contributed by atoms with van der Waals surface area (Å²) in [6, 6.07) is 9.95. The fourth-order valence-electron chi connectivity index (χ4n) is 6.53. The van der Waals surface area contributed by atoms with Crippen LogP contribution in [0.4, 0.5) is 0 Å². The maximum absolute atomic E-state index is 2.50. The molecule has 4 atom stereocenters. The zero-order valence-electron chi connectivity index (χ0n) is 16.8. The molecule has 3 fully saturated rings. The first-order chi connectivity index (χ1) is 12.0. The summed E-state index contributed by atoms with van der Waals surface area (Å²) < 4.78 is 0. The van der Waals surface area contributed by atoms with Crippen LogP contribution in [-0.4, -0.2) is 8.07 Å². The summed E-state index contributed by atoms with van der Waals surface area (Å²) >= 11 is 0. The van der Waals surface area contributed by atoms with Crippen LogP contribution in [0.1, 0.15) is 75.7 Å². The number of hydrogen-bond acceptors (Lipinski definition) is 0. The summed E-state index contributed by atoms with van der Waals surface area (Å²) in [5.74, 6) is 5.06. The van der Waals surface area contributed by atoms with Crippen molar-refractivity contribution >= 4 is 13.3 Å². The molecule has 138 valence electrons. The number of benzene rings is 1. The van der Waals surface area contributed by atoms with Gasteiger partial charge in [-0.1, -0.05) is 81.2 Å². The Labute approximate surface area is 156 Å². The van der Waals surface area contributed by atoms with Gasteiger partial charge in [-0.25, -0.2) is 0 Å². The Balaban J connectivity index is 1.46. The molecule has 1 aromatic rings. The average molecular weight is 355 g/mol. The number of hydrogen-bond donors (Lipinski definition) is 0. The second kappa shape index (κ2) is 7.22. The molecule has 0 spiro atoms. The molecule has 3 saturated carbocycles. The van der Waals surface area contributed by atoms with Crippen LogP contribution in [0.3, 0.4) is 0 Å². The van der Waals surface area contributed by atoms with Gasteiger partial charge in [0.2, 0.25) is 0 Å². The van der Waals surface area contributed by atoms with Gasteiger partial charge in [0, 0.05) is 0 Å². The van der Waals surface area contributed by atoms with Crippen LogP contribution >= 0.6 is 0 Å². The molecule has 0 N–H and O–H groups in total. The molecular formula is C24H38Si. The zero-order valence-corrected chi connectivity index (χ0v) is 17.8. The second-order valence-corrected chi connectivity index (χ2v) is 15.5. The molecule has 0 aromatic heterocycles. The third-order valence-electron chi connectivity index (χ3n) is 7.91. The van der Waals surface area contributed by atoms with E-state index in [0.717, 1.165) is 29.6 Å². The molecule has 25 heavy (non-hydrogen) atoms. The highest BCUT2D eigenvalue weighted by Crippen LogP contribution is 2.54. The topological polar surface area (TPSA) is 0 Å². The maximum atomic E-state index is 2.50. The second-order valence-electron chi connectivity index (χ2n) is 10.5. The van der Waals surface area contributed by atoms with Gasteiger partial charge in [0.15, 0.2) is 0 Å². The first-order valence-corrected chi connectivity index (χ1v) is 14.6. The van der Waals surface area contributed by atoms with Crippen LogP contribution < -0.4 is 5.19 Å². The molecule has 0 saturated heterocycles. The molecule has 0 radical (unpaired) electrons. The fourth-order valence-corrected chi connectivity index (χ4v) is 7.70. The van der Waals surface area contributed by atoms with Gasteiger partial charge in [-0.3, -0.25) is 0 Å². The highest BCUT2D eigenvalue weighted by molar-refractivity contribution is 6.88. The summed E-state index contributed by atoms with van der Waals surface area (Å²) in [5.41, 5.74) is 1.67. The quantitative estimate of drug-likeness (QED) is 0.526. The van der Waals surface area contributed by atoms with Gasteiger partial charge in [-0.2, -0.15) is 0 Å². The van der Waals surface area contributed by atoms with Crippen molar-refractivity contribution in [3.05, 3.63) is 29.8 Å². The van der Waals surface area contributed by atoms with Crippen LogP contribution in [0.5, 0.6) is 0 Å². The van der Waals surface area contributed by atoms with Crippen LogP contribution in [0.25, 0.3) is 0 Å². The van der Waals surface area contributed by atoms with Crippen LogP contribution in [-0.2, 0) is 0 Å². The van der Waals surface area contributed by atoms with Crippen molar-refractivity contribution in [3.63, 3.8) is 0 Å². The normalized spacial score (nSPS) is 33.6. The van der Waals surface area contributed by atoms with Crippen molar-refractivity contribution in [2.75, 3.05) is 0 Å². The molecule has 4 rings (SSSR count). The fraction of sp³-hybridized carbons (Fsp3) is 0.750. The van der Waals surface area contributed by atoms with Crippen molar-refractivity contribution in [3.8, 4) is 0 Å². The number of rotatable bonds is 4. The van der Waals surface area contributed by atoms with Gasteiger partial charge in [-0.15, -0.1) is 0 Å². The highest BCUT2D eigenvalue weighted by Gasteiger charge is 2.43. The minimum absolute atomic E-state index is 0.864. The maximum Gasteiger partial charge on any atom is 0.0775 e. The van der Waals surface area contributed by atoms with Gasteiger partial charge >= 0.3 is 0 Å². The lowest BCUT2D eigenvalue weighted by Crippen LogP contribution is -2.37. The molecule has 0 amide bonds. The molecule has 0 heterocycles. The third-order valence-corrected chi connectivity index (χ3v) is 9.98. The molecule has 3 aliphatic carbocycles. The lowest BCUT2D eigenvalue weighted by Gasteiger charge is -2.37. The van der Waals surface area contributed by atoms with Crippen LogP contribution in [0, 0.1) is 23.7 Å². The van der Waals surface area contributed by atoms with Crippen molar-refractivity contribution in [2.45, 2.75) is 89.8 Å². The van der Waals surface area contributed by atoms with Gasteiger partial charge in [0.1, 0.15) is 0 Å². The van der Waals surface area contributed by atoms with Gasteiger partial charge in [-0.05, 0) is 67.3 Å². The Bertz CT molecular complexity index is 561. The van der Waals surface area contributed by atoms with Crippen LogP contribution in [0.2, 0.25) is 19.6 Å². The molecule has 1 heteroatoms. The first kappa shape index (κ1) is 17.8. The predicted molar refractivity (Wildman–Crippen MR) is 112 cm³/mol. The van der Waals surface area contributed by atoms with Crippen molar-refractivity contribution in [1.29, 1.82) is 0 Å². The Morgan fingerprint density at radius 3 is 2.16 bits per heavy atom. The standard InChI is InChI=1S/C24H38Si/c1-25(2,3)21-14-11-19(12-15-21)22-9-6-10-23-20(13-16-24(22)23)17-18-7-4-5-8-18/h11-12,14-15,18,20,22-24H,4-10,13,16-17H2,1-3H3. The van der Waals surface area contributed by atoms with E-state index in [9.17, 15) is 0 Å². The van der Waals surface area contributed by atoms with E-state index in [0.29, 0.717) is 0 Å². The monoisotopic (exact) mass is 354 g/mol. The molecule has 1 aromatic carbocycles. The molecule has 0 aliphatic heterocycles. The Morgan fingerprint density at radius 1 is 0.760 bits per heavy atom. The minimum atomic E-state index is -1.16. The minimum Gasteiger partial charge on any atom is -0.0656 e. The van der Waals surface area contributed by atoms with E-state index in [-0.39, 0.29) is 0 Å². The van der Waals surface area contributed by atoms with Crippen LogP contribution in [0.15, 0.2) is 24.3 Å². The van der Waals surface area contributed by atoms with Gasteiger partial charge in [0.25, 0.3) is 0 Å². The Morgan fingerprint density at radius 2 is 1.48 bits per heavy atom. The van der Waals surface area contributed by atoms with E-state index in [1.807, 2.05) is 0 Å². The molecular weight excluding hydrogens is 316 g/mol. The predicted octanol–water partition coefficient (Wildman–Crippen LogP) is 6.72. The smallest absolute Gasteiger partial charge is 0.0656 e. The van der Waals surface area contributed by atoms with E-state index in [1.54, 1.807) is 17.2 Å². The highest BCUT2D eigenvalue weighted by atomic mass is 28.3. The Kier molecular flexibility index (Phi) is 5.15. The molecule has 0 nitrogen and oxygen atoms in total. The average Bonchev–Trinajstić information content (AvgIpc) is 3.25. The van der Waals surface area contributed by atoms with E-state index < -0.39 is 8.07 Å². The summed E-state index contributed by atoms with van der Waals surface area (Å²) in [7, 11) is -1.16. The van der Waals surface area contributed by atoms with Crippen molar-refractivity contribution < 1.29 is 0 Å². The third kappa shape index (κ3) is 3.77. The summed E-state index contributed by atoms with van der Waals surface area (Å²) in [6.07, 6.45) is 15.2. The summed E-state index contributed by atoms with van der Waals surface area (Å²) in [6.45, 7) is 7.38. The van der Waals surface area contributed by atoms with Crippen molar-refractivity contribution in [1.82, 2.24) is 0 Å². The van der Waals surface area contributed by atoms with Gasteiger partial charge in [0.05, 0.1) is 8.07 Å². The molecule has 4 unspecified atom stereocenters. The van der Waals surface area contributed by atoms with E-state index in [1.165, 1.54) is 57.8 Å².